The van der Waals surface area contributed by atoms with Crippen molar-refractivity contribution in [2.24, 2.45) is 0 Å². The van der Waals surface area contributed by atoms with E-state index in [4.69, 9.17) is 0 Å². The fraction of sp³-hybridized carbons (Fsp3) is 0.200. The number of unbranched alkanes of at least 4 members (excludes halogenated alkanes) is 2. The van der Waals surface area contributed by atoms with Gasteiger partial charge in [-0.3, -0.25) is 4.72 Å². The van der Waals surface area contributed by atoms with Crippen LogP contribution in [-0.4, -0.2) is 30.6 Å². The van der Waals surface area contributed by atoms with E-state index in [1.165, 1.54) is 24.3 Å². The lowest BCUT2D eigenvalue weighted by atomic mass is 9.99. The SMILES string of the molecule is O=C(O)c1ccccc1CCCCCc1ccccc1NS(=O)(=O)c1ccccc1C(=O)O. The molecule has 0 aliphatic heterocycles. The number of para-hydroxylation sites is 1. The van der Waals surface area contributed by atoms with E-state index >= 15 is 0 Å². The van der Waals surface area contributed by atoms with Crippen molar-refractivity contribution in [3.63, 3.8) is 0 Å². The van der Waals surface area contributed by atoms with E-state index < -0.39 is 22.0 Å². The van der Waals surface area contributed by atoms with Crippen LogP contribution < -0.4 is 4.72 Å². The molecule has 0 aliphatic rings. The molecule has 0 bridgehead atoms. The number of aryl methyl sites for hydroxylation is 2. The summed E-state index contributed by atoms with van der Waals surface area (Å²) in [6.45, 7) is 0. The van der Waals surface area contributed by atoms with E-state index in [9.17, 15) is 28.2 Å². The first-order chi connectivity index (χ1) is 15.8. The Morgan fingerprint density at radius 3 is 1.85 bits per heavy atom. The predicted octanol–water partition coefficient (Wildman–Crippen LogP) is 4.84. The number of nitrogens with one attached hydrogen (secondary N) is 1. The number of hydrogen-bond donors (Lipinski definition) is 3. The maximum Gasteiger partial charge on any atom is 0.337 e. The minimum atomic E-state index is -4.08. The molecule has 3 N–H and O–H groups in total. The number of aromatic carboxylic acids is 2. The van der Waals surface area contributed by atoms with E-state index in [-0.39, 0.29) is 10.5 Å². The predicted molar refractivity (Wildman–Crippen MR) is 125 cm³/mol. The Morgan fingerprint density at radius 2 is 1.18 bits per heavy atom. The molecule has 0 heterocycles. The van der Waals surface area contributed by atoms with Gasteiger partial charge in [-0.15, -0.1) is 0 Å². The third-order valence-corrected chi connectivity index (χ3v) is 6.73. The minimum Gasteiger partial charge on any atom is -0.478 e. The van der Waals surface area contributed by atoms with Gasteiger partial charge in [0.25, 0.3) is 10.0 Å². The van der Waals surface area contributed by atoms with Gasteiger partial charge in [0.15, 0.2) is 0 Å². The van der Waals surface area contributed by atoms with Gasteiger partial charge in [0.05, 0.1) is 16.8 Å². The second-order valence-corrected chi connectivity index (χ2v) is 9.24. The molecular weight excluding hydrogens is 442 g/mol. The summed E-state index contributed by atoms with van der Waals surface area (Å²) in [4.78, 5) is 22.5. The lowest BCUT2D eigenvalue weighted by molar-refractivity contribution is 0.0683. The highest BCUT2D eigenvalue weighted by molar-refractivity contribution is 7.92. The normalized spacial score (nSPS) is 11.2. The van der Waals surface area contributed by atoms with Crippen LogP contribution in [0.15, 0.2) is 77.7 Å². The van der Waals surface area contributed by atoms with Crippen LogP contribution in [0.5, 0.6) is 0 Å². The molecule has 0 aliphatic carbocycles. The van der Waals surface area contributed by atoms with Gasteiger partial charge in [-0.1, -0.05) is 55.0 Å². The number of benzene rings is 3. The van der Waals surface area contributed by atoms with Gasteiger partial charge >= 0.3 is 11.9 Å². The molecule has 3 aromatic rings. The largest absolute Gasteiger partial charge is 0.478 e. The summed E-state index contributed by atoms with van der Waals surface area (Å²) >= 11 is 0. The number of rotatable bonds is 11. The highest BCUT2D eigenvalue weighted by Gasteiger charge is 2.22. The average Bonchev–Trinajstić information content (AvgIpc) is 2.80. The summed E-state index contributed by atoms with van der Waals surface area (Å²) in [6, 6.07) is 19.5. The third-order valence-electron chi connectivity index (χ3n) is 5.31. The molecule has 0 amide bonds. The Morgan fingerprint density at radius 1 is 0.667 bits per heavy atom. The summed E-state index contributed by atoms with van der Waals surface area (Å²) < 4.78 is 28.3. The molecule has 0 radical (unpaired) electrons. The van der Waals surface area contributed by atoms with Crippen LogP contribution in [0.25, 0.3) is 0 Å². The van der Waals surface area contributed by atoms with Crippen LogP contribution in [-0.2, 0) is 22.9 Å². The van der Waals surface area contributed by atoms with Crippen molar-refractivity contribution in [1.29, 1.82) is 0 Å². The van der Waals surface area contributed by atoms with Crippen molar-refractivity contribution in [2.45, 2.75) is 37.0 Å². The summed E-state index contributed by atoms with van der Waals surface area (Å²) in [5.74, 6) is -2.25. The average molecular weight is 468 g/mol. The monoisotopic (exact) mass is 467 g/mol. The van der Waals surface area contributed by atoms with E-state index in [1.54, 1.807) is 24.3 Å². The zero-order valence-electron chi connectivity index (χ0n) is 17.9. The molecule has 7 nitrogen and oxygen atoms in total. The molecule has 3 aromatic carbocycles. The molecule has 0 saturated carbocycles. The molecule has 8 heteroatoms. The molecule has 0 spiro atoms. The Labute approximate surface area is 192 Å². The highest BCUT2D eigenvalue weighted by atomic mass is 32.2. The van der Waals surface area contributed by atoms with Gasteiger partial charge in [-0.2, -0.15) is 0 Å². The first-order valence-electron chi connectivity index (χ1n) is 10.5. The quantitative estimate of drug-likeness (QED) is 0.347. The first kappa shape index (κ1) is 24.0. The van der Waals surface area contributed by atoms with Crippen molar-refractivity contribution < 1.29 is 28.2 Å². The summed E-state index contributed by atoms with van der Waals surface area (Å²) in [7, 11) is -4.08. The van der Waals surface area contributed by atoms with Crippen LogP contribution in [0.3, 0.4) is 0 Å². The zero-order valence-corrected chi connectivity index (χ0v) is 18.7. The maximum absolute atomic E-state index is 12.9. The van der Waals surface area contributed by atoms with Gasteiger partial charge < -0.3 is 10.2 Å². The van der Waals surface area contributed by atoms with Crippen LogP contribution in [0, 0.1) is 0 Å². The Balaban J connectivity index is 1.64. The molecule has 3 rings (SSSR count). The molecule has 0 aromatic heterocycles. The lowest BCUT2D eigenvalue weighted by Gasteiger charge is -2.14. The van der Waals surface area contributed by atoms with E-state index in [0.29, 0.717) is 24.1 Å². The summed E-state index contributed by atoms with van der Waals surface area (Å²) in [6.07, 6.45) is 3.73. The Bertz CT molecular complexity index is 1250. The van der Waals surface area contributed by atoms with Crippen molar-refractivity contribution in [3.8, 4) is 0 Å². The number of anilines is 1. The Hall–Kier alpha value is -3.65. The van der Waals surface area contributed by atoms with Crippen molar-refractivity contribution in [3.05, 3.63) is 95.1 Å². The van der Waals surface area contributed by atoms with Crippen LogP contribution in [0.4, 0.5) is 5.69 Å². The van der Waals surface area contributed by atoms with Gasteiger partial charge in [0.2, 0.25) is 0 Å². The zero-order chi connectivity index (χ0) is 23.8. The maximum atomic E-state index is 12.9. The smallest absolute Gasteiger partial charge is 0.337 e. The number of sulfonamides is 1. The summed E-state index contributed by atoms with van der Waals surface area (Å²) in [5.41, 5.74) is 2.05. The highest BCUT2D eigenvalue weighted by Crippen LogP contribution is 2.24. The molecule has 0 fully saturated rings. The second-order valence-electron chi connectivity index (χ2n) is 7.59. The van der Waals surface area contributed by atoms with Crippen molar-refractivity contribution in [1.82, 2.24) is 0 Å². The van der Waals surface area contributed by atoms with Gasteiger partial charge in [-0.25, -0.2) is 18.0 Å². The molecule has 0 atom stereocenters. The van der Waals surface area contributed by atoms with Crippen LogP contribution >= 0.6 is 0 Å². The summed E-state index contributed by atoms with van der Waals surface area (Å²) in [5, 5.41) is 18.6. The Kier molecular flexibility index (Phi) is 7.84. The van der Waals surface area contributed by atoms with Crippen LogP contribution in [0.2, 0.25) is 0 Å². The molecule has 0 saturated heterocycles. The van der Waals surface area contributed by atoms with E-state index in [2.05, 4.69) is 4.72 Å². The molecule has 33 heavy (non-hydrogen) atoms. The first-order valence-corrected chi connectivity index (χ1v) is 12.0. The lowest BCUT2D eigenvalue weighted by Crippen LogP contribution is -2.17. The number of carboxylic acid groups (broad SMARTS) is 2. The van der Waals surface area contributed by atoms with Gasteiger partial charge in [-0.05, 0) is 61.1 Å². The number of carbonyl (C=O) groups is 2. The molecule has 0 unspecified atom stereocenters. The minimum absolute atomic E-state index is 0.288. The third kappa shape index (κ3) is 6.20. The van der Waals surface area contributed by atoms with Crippen molar-refractivity contribution >= 4 is 27.6 Å². The van der Waals surface area contributed by atoms with Crippen molar-refractivity contribution in [2.75, 3.05) is 4.72 Å². The standard InChI is InChI=1S/C25H25NO6S/c27-24(28)20-14-6-4-11-18(20)10-2-1-3-12-19-13-5-8-16-22(19)26-33(31,32)23-17-9-7-15-21(23)25(29)30/h4-9,11,13-17,26H,1-3,10,12H2,(H,27,28)(H,29,30). The molecular formula is C25H25NO6S. The van der Waals surface area contributed by atoms with E-state index in [1.807, 2.05) is 24.3 Å². The fourth-order valence-corrected chi connectivity index (χ4v) is 4.97. The molecule has 172 valence electrons. The van der Waals surface area contributed by atoms with E-state index in [0.717, 1.165) is 30.4 Å². The topological polar surface area (TPSA) is 121 Å². The fourth-order valence-electron chi connectivity index (χ4n) is 3.67. The number of carboxylic acids is 2. The van der Waals surface area contributed by atoms with Crippen LogP contribution in [0.1, 0.15) is 51.1 Å². The second kappa shape index (κ2) is 10.8. The number of hydrogen-bond acceptors (Lipinski definition) is 4. The van der Waals surface area contributed by atoms with Gasteiger partial charge in [0, 0.05) is 0 Å². The van der Waals surface area contributed by atoms with Gasteiger partial charge in [0.1, 0.15) is 4.90 Å².